The molecule has 0 fully saturated rings. The molecule has 0 aromatic heterocycles. The second-order valence-corrected chi connectivity index (χ2v) is 0.115. The van der Waals surface area contributed by atoms with E-state index in [1.54, 1.807) is 0 Å². The minimum absolute atomic E-state index is 0. The molecule has 0 rings (SSSR count). The van der Waals surface area contributed by atoms with Gasteiger partial charge in [-0.15, -0.1) is 0 Å². The molecular weight excluding hydrogens is 81.1 g/mol. The van der Waals surface area contributed by atoms with Gasteiger partial charge in [0.15, 0.2) is 0 Å². The van der Waals surface area contributed by atoms with Crippen molar-refractivity contribution >= 4 is 0 Å². The fraction of sp³-hybridized carbons (Fsp3) is 0. The Morgan fingerprint density at radius 1 is 1.75 bits per heavy atom. The Kier molecular flexibility index (Phi) is 20.0. The van der Waals surface area contributed by atoms with E-state index in [1.807, 2.05) is 5.22 Å². The summed E-state index contributed by atoms with van der Waals surface area (Å²) in [7, 11) is 0. The number of hydrogen-bond acceptors (Lipinski definition) is 1. The first-order chi connectivity index (χ1) is 1.41. The molecule has 4 heavy (non-hydrogen) atoms. The van der Waals surface area contributed by atoms with Gasteiger partial charge in [0.2, 0.25) is 0 Å². The molecule has 0 unspecified atom stereocenters. The molecule has 3 nitrogen and oxygen atoms in total. The van der Waals surface area contributed by atoms with Crippen LogP contribution in [0.1, 0.15) is 0 Å². The third-order valence-electron chi connectivity index (χ3n) is 0. The van der Waals surface area contributed by atoms with Crippen molar-refractivity contribution in [1.29, 1.82) is 0 Å². The molecular formula is H2KN3. The Hall–Kier alpha value is 1.04. The summed E-state index contributed by atoms with van der Waals surface area (Å²) in [6.45, 7) is 0. The van der Waals surface area contributed by atoms with Crippen LogP contribution in [-0.2, 0) is 0 Å². The molecule has 0 aliphatic rings. The summed E-state index contributed by atoms with van der Waals surface area (Å²) in [5.74, 6) is 4.03. The molecule has 0 aliphatic heterocycles. The predicted molar refractivity (Wildman–Crippen MR) is 9.97 cm³/mol. The molecule has 2 N–H and O–H groups in total. The zero-order valence-corrected chi connectivity index (χ0v) is 5.59. The van der Waals surface area contributed by atoms with Crippen molar-refractivity contribution in [3.63, 3.8) is 0 Å². The Labute approximate surface area is 66.8 Å². The van der Waals surface area contributed by atoms with Gasteiger partial charge in [-0.25, -0.2) is 0 Å². The summed E-state index contributed by atoms with van der Waals surface area (Å²) in [6, 6.07) is 0. The number of hydrogen-bond donors (Lipinski definition) is 1. The van der Waals surface area contributed by atoms with Gasteiger partial charge in [0.05, 0.1) is 0 Å². The number of rotatable bonds is 0. The van der Waals surface area contributed by atoms with Crippen LogP contribution in [0.4, 0.5) is 0 Å². The van der Waals surface area contributed by atoms with Gasteiger partial charge >= 0.3 is 51.4 Å². The van der Waals surface area contributed by atoms with Crippen LogP contribution in [0.5, 0.6) is 0 Å². The predicted octanol–water partition coefficient (Wildman–Crippen LogP) is -3.11. The van der Waals surface area contributed by atoms with E-state index >= 15 is 0 Å². The van der Waals surface area contributed by atoms with Crippen LogP contribution in [0.2, 0.25) is 0 Å². The Morgan fingerprint density at radius 2 is 1.75 bits per heavy atom. The normalized spacial score (nSPS) is 3.00. The first kappa shape index (κ1) is 8.90. The van der Waals surface area contributed by atoms with Crippen molar-refractivity contribution in [3.05, 3.63) is 5.53 Å². The SMILES string of the molecule is [K+].[N-]=NN. The van der Waals surface area contributed by atoms with E-state index in [-0.39, 0.29) is 51.4 Å². The van der Waals surface area contributed by atoms with Crippen LogP contribution < -0.4 is 57.2 Å². The molecule has 0 aromatic carbocycles. The van der Waals surface area contributed by atoms with Gasteiger partial charge in [-0.05, 0) is 0 Å². The van der Waals surface area contributed by atoms with E-state index in [9.17, 15) is 0 Å². The third kappa shape index (κ3) is 11.7. The van der Waals surface area contributed by atoms with Crippen LogP contribution in [0.3, 0.4) is 0 Å². The molecule has 18 valence electrons. The Bertz CT molecular complexity index is 10.8. The zero-order valence-electron chi connectivity index (χ0n) is 2.47. The quantitative estimate of drug-likeness (QED) is 0.143. The van der Waals surface area contributed by atoms with Gasteiger partial charge in [0.25, 0.3) is 0 Å². The summed E-state index contributed by atoms with van der Waals surface area (Å²) >= 11 is 0. The van der Waals surface area contributed by atoms with Crippen molar-refractivity contribution in [2.24, 2.45) is 11.1 Å². The van der Waals surface area contributed by atoms with Crippen molar-refractivity contribution in [1.82, 2.24) is 0 Å². The van der Waals surface area contributed by atoms with Crippen molar-refractivity contribution in [2.45, 2.75) is 0 Å². The van der Waals surface area contributed by atoms with Crippen LogP contribution in [0.15, 0.2) is 5.22 Å². The topological polar surface area (TPSA) is 60.7 Å². The standard InChI is InChI=1S/K.H2N3/c;1-3-2/h;(H2-,1,2)/q+1;-1. The zero-order chi connectivity index (χ0) is 2.71. The summed E-state index contributed by atoms with van der Waals surface area (Å²) in [5.41, 5.74) is 6.97. The molecule has 0 amide bonds. The van der Waals surface area contributed by atoms with Gasteiger partial charge in [0, 0.05) is 0 Å². The van der Waals surface area contributed by atoms with E-state index in [1.165, 1.54) is 0 Å². The average Bonchev–Trinajstić information content (AvgIpc) is 0.918. The number of nitrogens with zero attached hydrogens (tertiary/aromatic N) is 2. The van der Waals surface area contributed by atoms with Gasteiger partial charge in [-0.2, -0.15) is 0 Å². The minimum Gasteiger partial charge on any atom is -0.427 e. The van der Waals surface area contributed by atoms with Crippen molar-refractivity contribution in [2.75, 3.05) is 0 Å². The van der Waals surface area contributed by atoms with E-state index < -0.39 is 0 Å². The molecule has 0 aliphatic carbocycles. The monoisotopic (exact) mass is 83.0 g/mol. The van der Waals surface area contributed by atoms with Crippen molar-refractivity contribution < 1.29 is 51.4 Å². The molecule has 0 saturated carbocycles. The summed E-state index contributed by atoms with van der Waals surface area (Å²) in [6.07, 6.45) is 0. The first-order valence-electron chi connectivity index (χ1n) is 0.458. The average molecular weight is 83.1 g/mol. The van der Waals surface area contributed by atoms with E-state index in [0.717, 1.165) is 0 Å². The molecule has 0 aromatic rings. The fourth-order valence-electron chi connectivity index (χ4n) is 0. The second-order valence-electron chi connectivity index (χ2n) is 0.115. The smallest absolute Gasteiger partial charge is 0.427 e. The van der Waals surface area contributed by atoms with Gasteiger partial charge in [-0.1, -0.05) is 0 Å². The fourth-order valence-corrected chi connectivity index (χ4v) is 0. The van der Waals surface area contributed by atoms with Crippen molar-refractivity contribution in [3.8, 4) is 0 Å². The molecule has 0 saturated heterocycles. The van der Waals surface area contributed by atoms with Gasteiger partial charge in [0.1, 0.15) is 0 Å². The van der Waals surface area contributed by atoms with Gasteiger partial charge in [-0.3, -0.25) is 5.22 Å². The summed E-state index contributed by atoms with van der Waals surface area (Å²) in [5, 5.41) is 2.00. The second kappa shape index (κ2) is 8.97. The van der Waals surface area contributed by atoms with E-state index in [0.29, 0.717) is 0 Å². The maximum Gasteiger partial charge on any atom is 1.00 e. The Balaban J connectivity index is 0. The molecule has 0 bridgehead atoms. The Morgan fingerprint density at radius 3 is 1.75 bits per heavy atom. The van der Waals surface area contributed by atoms with Crippen LogP contribution in [-0.4, -0.2) is 0 Å². The van der Waals surface area contributed by atoms with Crippen LogP contribution in [0, 0.1) is 0 Å². The van der Waals surface area contributed by atoms with E-state index in [2.05, 4.69) is 5.84 Å². The molecule has 0 radical (unpaired) electrons. The largest absolute Gasteiger partial charge is 1.00 e. The van der Waals surface area contributed by atoms with Crippen LogP contribution in [0.25, 0.3) is 5.53 Å². The van der Waals surface area contributed by atoms with Crippen LogP contribution >= 0.6 is 0 Å². The first-order valence-corrected chi connectivity index (χ1v) is 0.458. The van der Waals surface area contributed by atoms with Gasteiger partial charge < -0.3 is 11.4 Å². The maximum absolute atomic E-state index is 6.97. The molecule has 0 atom stereocenters. The molecule has 4 heteroatoms. The molecule has 0 heterocycles. The molecule has 0 spiro atoms. The third-order valence-corrected chi connectivity index (χ3v) is 0. The summed E-state index contributed by atoms with van der Waals surface area (Å²) < 4.78 is 0. The van der Waals surface area contributed by atoms with E-state index in [4.69, 9.17) is 5.53 Å². The maximum atomic E-state index is 6.97. The number of nitrogens with two attached hydrogens (primary N) is 1. The minimum atomic E-state index is 0. The summed E-state index contributed by atoms with van der Waals surface area (Å²) in [4.78, 5) is 0.